The van der Waals surface area contributed by atoms with Crippen molar-refractivity contribution < 1.29 is 22.5 Å². The molecule has 0 aliphatic carbocycles. The molecule has 0 radical (unpaired) electrons. The SMILES string of the molecule is O=C1CC(c2noc(-c3ccc(F)cc3)n2)CN1Cc1cc(F)cc(F)c1. The lowest BCUT2D eigenvalue weighted by atomic mass is 10.1. The number of hydrogen-bond acceptors (Lipinski definition) is 4. The van der Waals surface area contributed by atoms with E-state index in [9.17, 15) is 18.0 Å². The van der Waals surface area contributed by atoms with Gasteiger partial charge in [-0.15, -0.1) is 0 Å². The second-order valence-electron chi connectivity index (χ2n) is 6.42. The summed E-state index contributed by atoms with van der Waals surface area (Å²) in [6.45, 7) is 0.423. The van der Waals surface area contributed by atoms with E-state index in [1.54, 1.807) is 0 Å². The van der Waals surface area contributed by atoms with Gasteiger partial charge in [-0.2, -0.15) is 4.98 Å². The third-order valence-corrected chi connectivity index (χ3v) is 4.41. The molecule has 1 saturated heterocycles. The standard InChI is InChI=1S/C19H14F3N3O2/c20-14-3-1-12(2-4-14)19-23-18(24-27-19)13-7-17(26)25(10-13)9-11-5-15(21)8-16(22)6-11/h1-6,8,13H,7,9-10H2. The number of benzene rings is 2. The van der Waals surface area contributed by atoms with E-state index in [4.69, 9.17) is 4.52 Å². The zero-order chi connectivity index (χ0) is 19.0. The van der Waals surface area contributed by atoms with Crippen LogP contribution in [0.3, 0.4) is 0 Å². The fourth-order valence-corrected chi connectivity index (χ4v) is 3.13. The monoisotopic (exact) mass is 373 g/mol. The minimum atomic E-state index is -0.685. The van der Waals surface area contributed by atoms with Gasteiger partial charge in [0.1, 0.15) is 17.5 Å². The van der Waals surface area contributed by atoms with Crippen molar-refractivity contribution >= 4 is 5.91 Å². The number of likely N-dealkylation sites (tertiary alicyclic amines) is 1. The Morgan fingerprint density at radius 2 is 1.74 bits per heavy atom. The number of halogens is 3. The first-order valence-corrected chi connectivity index (χ1v) is 8.30. The lowest BCUT2D eigenvalue weighted by Gasteiger charge is -2.16. The van der Waals surface area contributed by atoms with Crippen molar-refractivity contribution in [1.29, 1.82) is 0 Å². The molecule has 3 aromatic rings. The van der Waals surface area contributed by atoms with Crippen LogP contribution in [-0.4, -0.2) is 27.5 Å². The van der Waals surface area contributed by atoms with Gasteiger partial charge in [0.2, 0.25) is 5.91 Å². The van der Waals surface area contributed by atoms with Gasteiger partial charge in [0.15, 0.2) is 5.82 Å². The first kappa shape index (κ1) is 17.3. The van der Waals surface area contributed by atoms with Gasteiger partial charge >= 0.3 is 0 Å². The summed E-state index contributed by atoms with van der Waals surface area (Å²) in [5.74, 6) is -1.57. The van der Waals surface area contributed by atoms with Gasteiger partial charge in [0.25, 0.3) is 5.89 Å². The zero-order valence-corrected chi connectivity index (χ0v) is 14.0. The van der Waals surface area contributed by atoms with Gasteiger partial charge in [0.05, 0.1) is 0 Å². The predicted molar refractivity (Wildman–Crippen MR) is 88.8 cm³/mol. The largest absolute Gasteiger partial charge is 0.338 e. The van der Waals surface area contributed by atoms with Crippen LogP contribution in [0.15, 0.2) is 47.0 Å². The molecule has 4 rings (SSSR count). The summed E-state index contributed by atoms with van der Waals surface area (Å²) in [5.41, 5.74) is 0.952. The average Bonchev–Trinajstić information content (AvgIpc) is 3.22. The highest BCUT2D eigenvalue weighted by Crippen LogP contribution is 2.29. The molecule has 0 N–H and O–H groups in total. The van der Waals surface area contributed by atoms with Crippen molar-refractivity contribution in [2.75, 3.05) is 6.54 Å². The predicted octanol–water partition coefficient (Wildman–Crippen LogP) is 3.67. The van der Waals surface area contributed by atoms with Crippen molar-refractivity contribution in [3.63, 3.8) is 0 Å². The van der Waals surface area contributed by atoms with Crippen LogP contribution >= 0.6 is 0 Å². The topological polar surface area (TPSA) is 59.2 Å². The van der Waals surface area contributed by atoms with Gasteiger partial charge < -0.3 is 9.42 Å². The minimum Gasteiger partial charge on any atom is -0.338 e. The third kappa shape index (κ3) is 3.69. The summed E-state index contributed by atoms with van der Waals surface area (Å²) in [5, 5.41) is 3.92. The highest BCUT2D eigenvalue weighted by molar-refractivity contribution is 5.79. The minimum absolute atomic E-state index is 0.104. The van der Waals surface area contributed by atoms with Gasteiger partial charge in [-0.05, 0) is 42.0 Å². The van der Waals surface area contributed by atoms with Crippen molar-refractivity contribution in [3.05, 3.63) is 71.3 Å². The molecule has 5 nitrogen and oxygen atoms in total. The Morgan fingerprint density at radius 1 is 1.04 bits per heavy atom. The van der Waals surface area contributed by atoms with Crippen molar-refractivity contribution in [1.82, 2.24) is 15.0 Å². The Balaban J connectivity index is 1.48. The number of rotatable bonds is 4. The van der Waals surface area contributed by atoms with E-state index >= 15 is 0 Å². The number of carbonyl (C=O) groups excluding carboxylic acids is 1. The Bertz CT molecular complexity index is 968. The molecule has 0 saturated carbocycles. The maximum atomic E-state index is 13.3. The Morgan fingerprint density at radius 3 is 2.44 bits per heavy atom. The van der Waals surface area contributed by atoms with Crippen LogP contribution in [0.1, 0.15) is 23.7 Å². The molecule has 1 amide bonds. The van der Waals surface area contributed by atoms with Crippen LogP contribution in [0, 0.1) is 17.5 Å². The summed E-state index contributed by atoms with van der Waals surface area (Å²) in [7, 11) is 0. The molecule has 1 aliphatic heterocycles. The second-order valence-corrected chi connectivity index (χ2v) is 6.42. The van der Waals surface area contributed by atoms with E-state index in [1.165, 1.54) is 41.3 Å². The summed E-state index contributed by atoms with van der Waals surface area (Å²) >= 11 is 0. The summed E-state index contributed by atoms with van der Waals surface area (Å²) in [6.07, 6.45) is 0.181. The molecule has 8 heteroatoms. The van der Waals surface area contributed by atoms with Crippen molar-refractivity contribution in [2.45, 2.75) is 18.9 Å². The molecule has 1 fully saturated rings. The van der Waals surface area contributed by atoms with E-state index in [1.807, 2.05) is 0 Å². The van der Waals surface area contributed by atoms with E-state index in [2.05, 4.69) is 10.1 Å². The molecule has 0 spiro atoms. The average molecular weight is 373 g/mol. The molecular formula is C19H14F3N3O2. The molecule has 1 aliphatic rings. The molecule has 2 aromatic carbocycles. The smallest absolute Gasteiger partial charge is 0.257 e. The first-order valence-electron chi connectivity index (χ1n) is 8.30. The molecule has 1 unspecified atom stereocenters. The van der Waals surface area contributed by atoms with Crippen molar-refractivity contribution in [3.8, 4) is 11.5 Å². The summed E-state index contributed by atoms with van der Waals surface area (Å²) < 4.78 is 44.9. The number of aromatic nitrogens is 2. The molecule has 0 bridgehead atoms. The lowest BCUT2D eigenvalue weighted by Crippen LogP contribution is -2.24. The van der Waals surface area contributed by atoms with Crippen LogP contribution in [-0.2, 0) is 11.3 Å². The zero-order valence-electron chi connectivity index (χ0n) is 14.0. The normalized spacial score (nSPS) is 16.9. The highest BCUT2D eigenvalue weighted by atomic mass is 19.1. The maximum Gasteiger partial charge on any atom is 0.257 e. The molecule has 1 aromatic heterocycles. The van der Waals surface area contributed by atoms with Crippen LogP contribution in [0.25, 0.3) is 11.5 Å². The van der Waals surface area contributed by atoms with Crippen LogP contribution in [0.5, 0.6) is 0 Å². The van der Waals surface area contributed by atoms with E-state index in [0.717, 1.165) is 6.07 Å². The Labute approximate surface area is 152 Å². The van der Waals surface area contributed by atoms with Crippen molar-refractivity contribution in [2.24, 2.45) is 0 Å². The quantitative estimate of drug-likeness (QED) is 0.700. The van der Waals surface area contributed by atoms with Gasteiger partial charge in [0, 0.05) is 37.1 Å². The van der Waals surface area contributed by atoms with E-state index in [-0.39, 0.29) is 36.5 Å². The molecular weight excluding hydrogens is 359 g/mol. The van der Waals surface area contributed by atoms with Gasteiger partial charge in [-0.25, -0.2) is 13.2 Å². The number of amides is 1. The fourth-order valence-electron chi connectivity index (χ4n) is 3.13. The summed E-state index contributed by atoms with van der Waals surface area (Å²) in [6, 6.07) is 8.81. The third-order valence-electron chi connectivity index (χ3n) is 4.41. The van der Waals surface area contributed by atoms with Crippen LogP contribution in [0.4, 0.5) is 13.2 Å². The van der Waals surface area contributed by atoms with Crippen LogP contribution < -0.4 is 0 Å². The Hall–Kier alpha value is -3.16. The molecule has 2 heterocycles. The van der Waals surface area contributed by atoms with E-state index in [0.29, 0.717) is 23.5 Å². The number of carbonyl (C=O) groups is 1. The summed E-state index contributed by atoms with van der Waals surface area (Å²) in [4.78, 5) is 18.1. The van der Waals surface area contributed by atoms with Gasteiger partial charge in [-0.3, -0.25) is 4.79 Å². The Kier molecular flexibility index (Phi) is 4.39. The first-order chi connectivity index (χ1) is 13.0. The fraction of sp³-hybridized carbons (Fsp3) is 0.211. The molecule has 27 heavy (non-hydrogen) atoms. The van der Waals surface area contributed by atoms with Crippen LogP contribution in [0.2, 0.25) is 0 Å². The second kappa shape index (κ2) is 6.86. The maximum absolute atomic E-state index is 13.3. The number of nitrogens with zero attached hydrogens (tertiary/aromatic N) is 3. The van der Waals surface area contributed by atoms with E-state index < -0.39 is 11.6 Å². The molecule has 1 atom stereocenters. The van der Waals surface area contributed by atoms with Gasteiger partial charge in [-0.1, -0.05) is 5.16 Å². The number of hydrogen-bond donors (Lipinski definition) is 0. The highest BCUT2D eigenvalue weighted by Gasteiger charge is 2.33. The molecule has 138 valence electrons. The lowest BCUT2D eigenvalue weighted by molar-refractivity contribution is -0.128.